The van der Waals surface area contributed by atoms with Crippen molar-refractivity contribution in [2.24, 2.45) is 11.8 Å². The number of rotatable bonds is 3. The number of methoxy groups -OCH3 is 1. The Bertz CT molecular complexity index is 918. The van der Waals surface area contributed by atoms with Crippen molar-refractivity contribution in [3.63, 3.8) is 0 Å². The Balaban J connectivity index is 1.52. The van der Waals surface area contributed by atoms with Crippen molar-refractivity contribution in [1.29, 1.82) is 0 Å². The zero-order chi connectivity index (χ0) is 19.8. The molecule has 2 aliphatic rings. The van der Waals surface area contributed by atoms with Crippen LogP contribution in [0.25, 0.3) is 0 Å². The molecule has 0 saturated carbocycles. The maximum atomic E-state index is 12.4. The molecule has 4 rings (SSSR count). The van der Waals surface area contributed by atoms with Crippen LogP contribution >= 0.6 is 34.9 Å². The van der Waals surface area contributed by atoms with E-state index < -0.39 is 0 Å². The molecule has 150 valence electrons. The molecule has 0 spiro atoms. The van der Waals surface area contributed by atoms with E-state index in [0.717, 1.165) is 47.8 Å². The molecule has 0 aliphatic heterocycles. The minimum absolute atomic E-state index is 0.295. The van der Waals surface area contributed by atoms with Crippen LogP contribution in [0.4, 0.5) is 10.1 Å². The van der Waals surface area contributed by atoms with Gasteiger partial charge in [0.2, 0.25) is 0 Å². The van der Waals surface area contributed by atoms with E-state index in [2.05, 4.69) is 24.5 Å². The number of nitrogens with one attached hydrogen (secondary N) is 2. The number of carbonyl (C=O) groups is 1. The van der Waals surface area contributed by atoms with Gasteiger partial charge in [0.05, 0.1) is 18.4 Å². The molecule has 2 aromatic heterocycles. The Hall–Kier alpha value is -1.51. The van der Waals surface area contributed by atoms with Gasteiger partial charge >= 0.3 is 5.97 Å². The van der Waals surface area contributed by atoms with E-state index in [0.29, 0.717) is 22.5 Å². The number of thiophene rings is 1. The minimum Gasteiger partial charge on any atom is -0.465 e. The van der Waals surface area contributed by atoms with Crippen LogP contribution < -0.4 is 10.6 Å². The SMILES string of the molecule is COC(=O)c1c(NC(=S)Nc2nc3c(s2)CC(C)CC3)sc2c1CCC(C)C2. The van der Waals surface area contributed by atoms with Crippen LogP contribution in [-0.2, 0) is 30.4 Å². The highest BCUT2D eigenvalue weighted by atomic mass is 32.1. The second-order valence-corrected chi connectivity index (χ2v) is 10.5. The second kappa shape index (κ2) is 8.08. The van der Waals surface area contributed by atoms with Crippen molar-refractivity contribution >= 4 is 56.1 Å². The number of thiocarbonyl (C=S) groups is 1. The van der Waals surface area contributed by atoms with Gasteiger partial charge in [-0.1, -0.05) is 13.8 Å². The molecular formula is C20H25N3O2S3. The van der Waals surface area contributed by atoms with Crippen molar-refractivity contribution in [2.75, 3.05) is 17.7 Å². The smallest absolute Gasteiger partial charge is 0.341 e. The van der Waals surface area contributed by atoms with Gasteiger partial charge in [-0.05, 0) is 68.1 Å². The van der Waals surface area contributed by atoms with E-state index in [1.165, 1.54) is 29.0 Å². The lowest BCUT2D eigenvalue weighted by molar-refractivity contribution is 0.0601. The third-order valence-electron chi connectivity index (χ3n) is 5.53. The molecule has 0 aromatic carbocycles. The van der Waals surface area contributed by atoms with Crippen molar-refractivity contribution in [3.05, 3.63) is 26.6 Å². The van der Waals surface area contributed by atoms with E-state index in [1.54, 1.807) is 22.7 Å². The standard InChI is InChI=1S/C20H25N3O2S3/c1-10-4-6-12-14(8-10)27-17(16(12)18(24)25-3)22-19(26)23-20-21-13-7-5-11(2)9-15(13)28-20/h10-11H,4-9H2,1-3H3,(H2,21,22,23,26). The summed E-state index contributed by atoms with van der Waals surface area (Å²) in [5, 5.41) is 8.53. The fourth-order valence-electron chi connectivity index (χ4n) is 3.98. The summed E-state index contributed by atoms with van der Waals surface area (Å²) < 4.78 is 5.05. The monoisotopic (exact) mass is 435 g/mol. The van der Waals surface area contributed by atoms with Gasteiger partial charge in [-0.2, -0.15) is 0 Å². The summed E-state index contributed by atoms with van der Waals surface area (Å²) in [6.07, 6.45) is 6.34. The van der Waals surface area contributed by atoms with Gasteiger partial charge in [-0.15, -0.1) is 22.7 Å². The van der Waals surface area contributed by atoms with Crippen molar-refractivity contribution < 1.29 is 9.53 Å². The summed E-state index contributed by atoms with van der Waals surface area (Å²) in [5.41, 5.74) is 2.97. The summed E-state index contributed by atoms with van der Waals surface area (Å²) in [5.74, 6) is 1.06. The zero-order valence-corrected chi connectivity index (χ0v) is 18.8. The van der Waals surface area contributed by atoms with Gasteiger partial charge in [0, 0.05) is 9.75 Å². The number of hydrogen-bond donors (Lipinski definition) is 2. The second-order valence-electron chi connectivity index (χ2n) is 7.86. The predicted octanol–water partition coefficient (Wildman–Crippen LogP) is 5.05. The molecule has 2 heterocycles. The normalized spacial score (nSPS) is 20.8. The highest BCUT2D eigenvalue weighted by Gasteiger charge is 2.28. The molecular weight excluding hydrogens is 410 g/mol. The first-order valence-electron chi connectivity index (χ1n) is 9.74. The average molecular weight is 436 g/mol. The molecule has 5 nitrogen and oxygen atoms in total. The summed E-state index contributed by atoms with van der Waals surface area (Å²) in [4.78, 5) is 19.8. The number of aromatic nitrogens is 1. The molecule has 28 heavy (non-hydrogen) atoms. The van der Waals surface area contributed by atoms with Crippen molar-refractivity contribution in [2.45, 2.75) is 52.4 Å². The Morgan fingerprint density at radius 3 is 2.57 bits per heavy atom. The maximum absolute atomic E-state index is 12.4. The fourth-order valence-corrected chi connectivity index (χ4v) is 6.89. The van der Waals surface area contributed by atoms with Crippen LogP contribution in [0.15, 0.2) is 0 Å². The molecule has 0 radical (unpaired) electrons. The summed E-state index contributed by atoms with van der Waals surface area (Å²) in [7, 11) is 1.43. The van der Waals surface area contributed by atoms with Crippen molar-refractivity contribution in [1.82, 2.24) is 4.98 Å². The lowest BCUT2D eigenvalue weighted by Crippen LogP contribution is -2.20. The van der Waals surface area contributed by atoms with Gasteiger partial charge in [-0.3, -0.25) is 0 Å². The summed E-state index contributed by atoms with van der Waals surface area (Å²) in [6.45, 7) is 4.54. The first-order chi connectivity index (χ1) is 13.4. The van der Waals surface area contributed by atoms with E-state index in [9.17, 15) is 4.79 Å². The lowest BCUT2D eigenvalue weighted by Gasteiger charge is -2.18. The first kappa shape index (κ1) is 19.8. The van der Waals surface area contributed by atoms with Gasteiger partial charge in [0.15, 0.2) is 10.2 Å². The largest absolute Gasteiger partial charge is 0.465 e. The number of ether oxygens (including phenoxy) is 1. The highest BCUT2D eigenvalue weighted by molar-refractivity contribution is 7.80. The highest BCUT2D eigenvalue weighted by Crippen LogP contribution is 2.40. The zero-order valence-electron chi connectivity index (χ0n) is 16.4. The Morgan fingerprint density at radius 1 is 1.11 bits per heavy atom. The third kappa shape index (κ3) is 3.95. The van der Waals surface area contributed by atoms with E-state index in [1.807, 2.05) is 0 Å². The van der Waals surface area contributed by atoms with Crippen LogP contribution in [0, 0.1) is 11.8 Å². The molecule has 2 aromatic rings. The number of anilines is 2. The number of esters is 1. The van der Waals surface area contributed by atoms with E-state index in [4.69, 9.17) is 21.9 Å². The Labute approximate surface area is 178 Å². The fraction of sp³-hybridized carbons (Fsp3) is 0.550. The number of carbonyl (C=O) groups excluding carboxylic acids is 1. The van der Waals surface area contributed by atoms with Crippen molar-refractivity contribution in [3.8, 4) is 0 Å². The van der Waals surface area contributed by atoms with Gasteiger partial charge in [0.1, 0.15) is 5.00 Å². The van der Waals surface area contributed by atoms with Crippen LogP contribution in [-0.4, -0.2) is 23.2 Å². The predicted molar refractivity (Wildman–Crippen MR) is 120 cm³/mol. The van der Waals surface area contributed by atoms with Crippen LogP contribution in [0.5, 0.6) is 0 Å². The molecule has 0 bridgehead atoms. The van der Waals surface area contributed by atoms with E-state index in [-0.39, 0.29) is 5.97 Å². The summed E-state index contributed by atoms with van der Waals surface area (Å²) in [6, 6.07) is 0. The lowest BCUT2D eigenvalue weighted by atomic mass is 9.88. The van der Waals surface area contributed by atoms with Gasteiger partial charge in [-0.25, -0.2) is 9.78 Å². The minimum atomic E-state index is -0.295. The molecule has 0 amide bonds. The number of thiazole rings is 1. The topological polar surface area (TPSA) is 63.2 Å². The number of aryl methyl sites for hydroxylation is 1. The van der Waals surface area contributed by atoms with E-state index >= 15 is 0 Å². The number of fused-ring (bicyclic) bond motifs is 2. The Kier molecular flexibility index (Phi) is 5.71. The van der Waals surface area contributed by atoms with Crippen LogP contribution in [0.3, 0.4) is 0 Å². The maximum Gasteiger partial charge on any atom is 0.341 e. The molecule has 2 atom stereocenters. The number of hydrogen-bond acceptors (Lipinski definition) is 6. The summed E-state index contributed by atoms with van der Waals surface area (Å²) >= 11 is 8.83. The average Bonchev–Trinajstić information content (AvgIpc) is 3.20. The molecule has 8 heteroatoms. The quantitative estimate of drug-likeness (QED) is 0.520. The molecule has 2 N–H and O–H groups in total. The Morgan fingerprint density at radius 2 is 1.82 bits per heavy atom. The molecule has 0 fully saturated rings. The van der Waals surface area contributed by atoms with Gasteiger partial charge < -0.3 is 15.4 Å². The van der Waals surface area contributed by atoms with Crippen LogP contribution in [0.1, 0.15) is 58.1 Å². The molecule has 0 saturated heterocycles. The first-order valence-corrected chi connectivity index (χ1v) is 11.8. The number of nitrogens with zero attached hydrogens (tertiary/aromatic N) is 1. The van der Waals surface area contributed by atoms with Crippen LogP contribution in [0.2, 0.25) is 0 Å². The van der Waals surface area contributed by atoms with Gasteiger partial charge in [0.25, 0.3) is 0 Å². The third-order valence-corrected chi connectivity index (χ3v) is 7.94. The molecule has 2 unspecified atom stereocenters. The molecule has 2 aliphatic carbocycles.